The zero-order valence-electron chi connectivity index (χ0n) is 7.01. The molecule has 0 N–H and O–H groups in total. The number of aryl methyl sites for hydroxylation is 1. The molecule has 1 heterocycles. The van der Waals surface area contributed by atoms with E-state index < -0.39 is 0 Å². The van der Waals surface area contributed by atoms with Gasteiger partial charge in [-0.25, -0.2) is 4.98 Å². The standard InChI is InChI=1S/C10H7BrClN/c1-6-2-4-8(11)7-3-5-9(12)13-10(6)7/h2-5H,1H3. The van der Waals surface area contributed by atoms with Crippen molar-refractivity contribution in [2.75, 3.05) is 0 Å². The van der Waals surface area contributed by atoms with E-state index in [1.54, 1.807) is 6.07 Å². The van der Waals surface area contributed by atoms with Gasteiger partial charge < -0.3 is 0 Å². The highest BCUT2D eigenvalue weighted by Crippen LogP contribution is 2.26. The highest BCUT2D eigenvalue weighted by molar-refractivity contribution is 9.10. The van der Waals surface area contributed by atoms with Gasteiger partial charge >= 0.3 is 0 Å². The van der Waals surface area contributed by atoms with Crippen molar-refractivity contribution in [1.29, 1.82) is 0 Å². The van der Waals surface area contributed by atoms with E-state index in [9.17, 15) is 0 Å². The Morgan fingerprint density at radius 2 is 2.00 bits per heavy atom. The molecule has 0 fully saturated rings. The van der Waals surface area contributed by atoms with Crippen molar-refractivity contribution in [2.24, 2.45) is 0 Å². The van der Waals surface area contributed by atoms with Crippen LogP contribution < -0.4 is 0 Å². The molecule has 1 nitrogen and oxygen atoms in total. The van der Waals surface area contributed by atoms with E-state index in [0.29, 0.717) is 5.15 Å². The Morgan fingerprint density at radius 3 is 2.77 bits per heavy atom. The lowest BCUT2D eigenvalue weighted by Gasteiger charge is -2.03. The van der Waals surface area contributed by atoms with Gasteiger partial charge in [-0.1, -0.05) is 33.6 Å². The van der Waals surface area contributed by atoms with Gasteiger partial charge in [0.25, 0.3) is 0 Å². The lowest BCUT2D eigenvalue weighted by molar-refractivity contribution is 1.36. The number of fused-ring (bicyclic) bond motifs is 1. The minimum Gasteiger partial charge on any atom is -0.236 e. The molecule has 1 aromatic carbocycles. The minimum atomic E-state index is 0.536. The van der Waals surface area contributed by atoms with Crippen LogP contribution in [0.4, 0.5) is 0 Å². The molecular weight excluding hydrogens is 249 g/mol. The van der Waals surface area contributed by atoms with Gasteiger partial charge in [0.2, 0.25) is 0 Å². The van der Waals surface area contributed by atoms with Gasteiger partial charge in [0.15, 0.2) is 0 Å². The third-order valence-corrected chi connectivity index (χ3v) is 2.87. The van der Waals surface area contributed by atoms with E-state index in [2.05, 4.69) is 20.9 Å². The van der Waals surface area contributed by atoms with Crippen molar-refractivity contribution in [2.45, 2.75) is 6.92 Å². The van der Waals surface area contributed by atoms with E-state index in [0.717, 1.165) is 20.9 Å². The molecule has 0 spiro atoms. The lowest BCUT2D eigenvalue weighted by atomic mass is 10.1. The van der Waals surface area contributed by atoms with Crippen LogP contribution in [0.25, 0.3) is 10.9 Å². The first-order valence-corrected chi connectivity index (χ1v) is 5.07. The van der Waals surface area contributed by atoms with E-state index in [-0.39, 0.29) is 0 Å². The van der Waals surface area contributed by atoms with Gasteiger partial charge in [0, 0.05) is 9.86 Å². The quantitative estimate of drug-likeness (QED) is 0.650. The van der Waals surface area contributed by atoms with Crippen molar-refractivity contribution in [1.82, 2.24) is 4.98 Å². The van der Waals surface area contributed by atoms with Crippen molar-refractivity contribution in [3.8, 4) is 0 Å². The fourth-order valence-electron chi connectivity index (χ4n) is 1.30. The largest absolute Gasteiger partial charge is 0.236 e. The number of hydrogen-bond donors (Lipinski definition) is 0. The summed E-state index contributed by atoms with van der Waals surface area (Å²) in [6, 6.07) is 7.82. The first kappa shape index (κ1) is 8.97. The molecule has 0 saturated heterocycles. The molecule has 3 heteroatoms. The summed E-state index contributed by atoms with van der Waals surface area (Å²) < 4.78 is 1.05. The number of rotatable bonds is 0. The van der Waals surface area contributed by atoms with E-state index in [4.69, 9.17) is 11.6 Å². The van der Waals surface area contributed by atoms with Crippen LogP contribution in [-0.4, -0.2) is 4.98 Å². The van der Waals surface area contributed by atoms with Gasteiger partial charge in [-0.15, -0.1) is 0 Å². The highest BCUT2D eigenvalue weighted by atomic mass is 79.9. The summed E-state index contributed by atoms with van der Waals surface area (Å²) in [6.45, 7) is 2.03. The predicted octanol–water partition coefficient (Wildman–Crippen LogP) is 3.96. The van der Waals surface area contributed by atoms with Crippen molar-refractivity contribution in [3.63, 3.8) is 0 Å². The Hall–Kier alpha value is -0.600. The molecule has 2 aromatic rings. The van der Waals surface area contributed by atoms with Gasteiger partial charge in [0.05, 0.1) is 5.52 Å². The SMILES string of the molecule is Cc1ccc(Br)c2ccc(Cl)nc12. The molecule has 1 aromatic heterocycles. The smallest absolute Gasteiger partial charge is 0.129 e. The van der Waals surface area contributed by atoms with Gasteiger partial charge in [-0.3, -0.25) is 0 Å². The van der Waals surface area contributed by atoms with Crippen LogP contribution in [0.3, 0.4) is 0 Å². The summed E-state index contributed by atoms with van der Waals surface area (Å²) in [7, 11) is 0. The Balaban J connectivity index is 2.92. The summed E-state index contributed by atoms with van der Waals surface area (Å²) >= 11 is 9.29. The average Bonchev–Trinajstić information content (AvgIpc) is 2.12. The van der Waals surface area contributed by atoms with Crippen LogP contribution in [0, 0.1) is 6.92 Å². The number of pyridine rings is 1. The maximum absolute atomic E-state index is 5.82. The summed E-state index contributed by atoms with van der Waals surface area (Å²) in [6.07, 6.45) is 0. The Bertz CT molecular complexity index is 468. The van der Waals surface area contributed by atoms with E-state index in [1.165, 1.54) is 0 Å². The van der Waals surface area contributed by atoms with Crippen LogP contribution >= 0.6 is 27.5 Å². The number of aromatic nitrogens is 1. The maximum Gasteiger partial charge on any atom is 0.129 e. The maximum atomic E-state index is 5.82. The molecule has 0 aliphatic heterocycles. The minimum absolute atomic E-state index is 0.536. The van der Waals surface area contributed by atoms with E-state index >= 15 is 0 Å². The Kier molecular flexibility index (Phi) is 2.26. The molecule has 0 bridgehead atoms. The zero-order valence-corrected chi connectivity index (χ0v) is 9.35. The summed E-state index contributed by atoms with van der Waals surface area (Å²) in [5.74, 6) is 0. The number of halogens is 2. The van der Waals surface area contributed by atoms with Gasteiger partial charge in [0.1, 0.15) is 5.15 Å². The zero-order chi connectivity index (χ0) is 9.42. The van der Waals surface area contributed by atoms with Crippen molar-refractivity contribution >= 4 is 38.4 Å². The molecule has 0 aliphatic carbocycles. The molecule has 0 saturated carbocycles. The second-order valence-electron chi connectivity index (χ2n) is 2.89. The molecule has 0 radical (unpaired) electrons. The number of benzene rings is 1. The third kappa shape index (κ3) is 1.56. The molecule has 0 unspecified atom stereocenters. The molecule has 13 heavy (non-hydrogen) atoms. The van der Waals surface area contributed by atoms with Crippen LogP contribution in [0.5, 0.6) is 0 Å². The van der Waals surface area contributed by atoms with Gasteiger partial charge in [-0.05, 0) is 30.7 Å². The second kappa shape index (κ2) is 3.28. The second-order valence-corrected chi connectivity index (χ2v) is 4.14. The Labute approximate surface area is 89.9 Å². The van der Waals surface area contributed by atoms with Crippen LogP contribution in [0.15, 0.2) is 28.7 Å². The normalized spacial score (nSPS) is 10.7. The van der Waals surface area contributed by atoms with Crippen LogP contribution in [0.2, 0.25) is 5.15 Å². The summed E-state index contributed by atoms with van der Waals surface area (Å²) in [5, 5.41) is 1.64. The first-order chi connectivity index (χ1) is 6.18. The fraction of sp³-hybridized carbons (Fsp3) is 0.100. The Morgan fingerprint density at radius 1 is 1.23 bits per heavy atom. The third-order valence-electron chi connectivity index (χ3n) is 1.97. The molecule has 66 valence electrons. The molecule has 0 amide bonds. The fourth-order valence-corrected chi connectivity index (χ4v) is 1.90. The monoisotopic (exact) mass is 255 g/mol. The van der Waals surface area contributed by atoms with Gasteiger partial charge in [-0.2, -0.15) is 0 Å². The first-order valence-electron chi connectivity index (χ1n) is 3.90. The number of nitrogens with zero attached hydrogens (tertiary/aromatic N) is 1. The summed E-state index contributed by atoms with van der Waals surface area (Å²) in [4.78, 5) is 4.27. The molecule has 2 rings (SSSR count). The molecular formula is C10H7BrClN. The highest BCUT2D eigenvalue weighted by Gasteiger charge is 2.02. The molecule has 0 aliphatic rings. The average molecular weight is 257 g/mol. The van der Waals surface area contributed by atoms with Crippen molar-refractivity contribution in [3.05, 3.63) is 39.5 Å². The predicted molar refractivity (Wildman–Crippen MR) is 59.2 cm³/mol. The van der Waals surface area contributed by atoms with Crippen molar-refractivity contribution < 1.29 is 0 Å². The van der Waals surface area contributed by atoms with E-state index in [1.807, 2.05) is 25.1 Å². The topological polar surface area (TPSA) is 12.9 Å². The number of hydrogen-bond acceptors (Lipinski definition) is 1. The van der Waals surface area contributed by atoms with Crippen LogP contribution in [-0.2, 0) is 0 Å². The summed E-state index contributed by atoms with van der Waals surface area (Å²) in [5.41, 5.74) is 2.10. The lowest BCUT2D eigenvalue weighted by Crippen LogP contribution is -1.84. The molecule has 0 atom stereocenters. The van der Waals surface area contributed by atoms with Crippen LogP contribution in [0.1, 0.15) is 5.56 Å².